The normalized spacial score (nSPS) is 11.2. The summed E-state index contributed by atoms with van der Waals surface area (Å²) in [7, 11) is 1.59. The highest BCUT2D eigenvalue weighted by atomic mass is 35.5. The molecular weight excluding hydrogens is 310 g/mol. The van der Waals surface area contributed by atoms with E-state index in [1.165, 1.54) is 0 Å². The second kappa shape index (κ2) is 7.71. The van der Waals surface area contributed by atoms with Crippen LogP contribution in [0.1, 0.15) is 25.0 Å². The molecule has 0 bridgehead atoms. The summed E-state index contributed by atoms with van der Waals surface area (Å²) in [5.41, 5.74) is 2.04. The lowest BCUT2D eigenvalue weighted by molar-refractivity contribution is 0.230. The predicted octanol–water partition coefficient (Wildman–Crippen LogP) is 5.20. The third-order valence-electron chi connectivity index (χ3n) is 3.15. The number of ether oxygens (including phenoxy) is 2. The van der Waals surface area contributed by atoms with Gasteiger partial charge in [-0.2, -0.15) is 5.26 Å². The fourth-order valence-electron chi connectivity index (χ4n) is 2.14. The zero-order chi connectivity index (χ0) is 16.8. The molecule has 0 amide bonds. The lowest BCUT2D eigenvalue weighted by atomic mass is 10.0. The molecule has 0 unspecified atom stereocenters. The van der Waals surface area contributed by atoms with Crippen molar-refractivity contribution >= 4 is 23.3 Å². The zero-order valence-corrected chi connectivity index (χ0v) is 14.1. The van der Waals surface area contributed by atoms with E-state index in [1.807, 2.05) is 50.2 Å². The summed E-state index contributed by atoms with van der Waals surface area (Å²) in [6, 6.07) is 15.0. The highest BCUT2D eigenvalue weighted by Gasteiger charge is 2.09. The molecule has 0 fully saturated rings. The summed E-state index contributed by atoms with van der Waals surface area (Å²) in [6.45, 7) is 3.91. The Morgan fingerprint density at radius 3 is 2.52 bits per heavy atom. The van der Waals surface area contributed by atoms with Gasteiger partial charge in [-0.05, 0) is 43.7 Å². The largest absolute Gasteiger partial charge is 0.493 e. The van der Waals surface area contributed by atoms with Crippen LogP contribution in [0.5, 0.6) is 11.5 Å². The van der Waals surface area contributed by atoms with E-state index in [1.54, 1.807) is 19.3 Å². The molecule has 2 aromatic rings. The maximum Gasteiger partial charge on any atom is 0.161 e. The van der Waals surface area contributed by atoms with Gasteiger partial charge in [0.05, 0.1) is 24.9 Å². The summed E-state index contributed by atoms with van der Waals surface area (Å²) in [5.74, 6) is 1.31. The Morgan fingerprint density at radius 2 is 1.91 bits per heavy atom. The van der Waals surface area contributed by atoms with Gasteiger partial charge >= 0.3 is 0 Å². The van der Waals surface area contributed by atoms with E-state index >= 15 is 0 Å². The minimum absolute atomic E-state index is 0.0584. The van der Waals surface area contributed by atoms with Crippen LogP contribution in [0.25, 0.3) is 11.6 Å². The molecule has 2 rings (SSSR count). The molecule has 2 aromatic carbocycles. The van der Waals surface area contributed by atoms with Gasteiger partial charge < -0.3 is 9.47 Å². The minimum Gasteiger partial charge on any atom is -0.493 e. The van der Waals surface area contributed by atoms with Crippen molar-refractivity contribution in [3.05, 3.63) is 58.6 Å². The van der Waals surface area contributed by atoms with Crippen LogP contribution in [0.3, 0.4) is 0 Å². The number of hydrogen-bond acceptors (Lipinski definition) is 3. The predicted molar refractivity (Wildman–Crippen MR) is 93.7 cm³/mol. The molecule has 0 N–H and O–H groups in total. The molecule has 23 heavy (non-hydrogen) atoms. The summed E-state index contributed by atoms with van der Waals surface area (Å²) < 4.78 is 11.1. The molecule has 0 heterocycles. The minimum atomic E-state index is 0.0584. The standard InChI is InChI=1S/C19H18ClNO2/c1-13(2)23-18-9-8-14(11-19(18)22-3)10-15(12-21)16-6-4-5-7-17(16)20/h4-11,13H,1-3H3. The third kappa shape index (κ3) is 4.28. The Bertz CT molecular complexity index is 760. The smallest absolute Gasteiger partial charge is 0.161 e. The quantitative estimate of drug-likeness (QED) is 0.560. The van der Waals surface area contributed by atoms with Crippen molar-refractivity contribution in [3.63, 3.8) is 0 Å². The molecule has 0 aromatic heterocycles. The fraction of sp³-hybridized carbons (Fsp3) is 0.211. The van der Waals surface area contributed by atoms with Crippen LogP contribution in [0.2, 0.25) is 5.02 Å². The summed E-state index contributed by atoms with van der Waals surface area (Å²) in [6.07, 6.45) is 1.84. The van der Waals surface area contributed by atoms with Crippen molar-refractivity contribution in [3.8, 4) is 17.6 Å². The number of benzene rings is 2. The van der Waals surface area contributed by atoms with Crippen molar-refractivity contribution < 1.29 is 9.47 Å². The van der Waals surface area contributed by atoms with Gasteiger partial charge in [-0.1, -0.05) is 35.9 Å². The molecule has 0 aliphatic heterocycles. The van der Waals surface area contributed by atoms with Gasteiger partial charge in [0.15, 0.2) is 11.5 Å². The maximum absolute atomic E-state index is 9.43. The van der Waals surface area contributed by atoms with Gasteiger partial charge in [0.1, 0.15) is 0 Å². The number of allylic oxidation sites excluding steroid dienone is 1. The molecule has 4 heteroatoms. The van der Waals surface area contributed by atoms with Crippen LogP contribution in [0.15, 0.2) is 42.5 Å². The topological polar surface area (TPSA) is 42.2 Å². The van der Waals surface area contributed by atoms with Crippen LogP contribution in [0.4, 0.5) is 0 Å². The number of nitriles is 1. The van der Waals surface area contributed by atoms with Crippen molar-refractivity contribution in [1.82, 2.24) is 0 Å². The molecule has 0 aliphatic carbocycles. The SMILES string of the molecule is COc1cc(C=C(C#N)c2ccccc2Cl)ccc1OC(C)C. The first-order chi connectivity index (χ1) is 11.0. The van der Waals surface area contributed by atoms with E-state index in [9.17, 15) is 5.26 Å². The summed E-state index contributed by atoms with van der Waals surface area (Å²) >= 11 is 6.17. The summed E-state index contributed by atoms with van der Waals surface area (Å²) in [5, 5.41) is 9.98. The first-order valence-electron chi connectivity index (χ1n) is 7.26. The summed E-state index contributed by atoms with van der Waals surface area (Å²) in [4.78, 5) is 0. The van der Waals surface area contributed by atoms with E-state index < -0.39 is 0 Å². The Morgan fingerprint density at radius 1 is 1.17 bits per heavy atom. The van der Waals surface area contributed by atoms with Gasteiger partial charge in [-0.3, -0.25) is 0 Å². The van der Waals surface area contributed by atoms with Crippen LogP contribution >= 0.6 is 11.6 Å². The van der Waals surface area contributed by atoms with Crippen LogP contribution in [0, 0.1) is 11.3 Å². The Labute approximate surface area is 141 Å². The van der Waals surface area contributed by atoms with Crippen molar-refractivity contribution in [2.45, 2.75) is 20.0 Å². The lowest BCUT2D eigenvalue weighted by Gasteiger charge is -2.14. The van der Waals surface area contributed by atoms with Gasteiger partial charge in [0.25, 0.3) is 0 Å². The van der Waals surface area contributed by atoms with Crippen LogP contribution < -0.4 is 9.47 Å². The Hall–Kier alpha value is -2.44. The maximum atomic E-state index is 9.43. The zero-order valence-electron chi connectivity index (χ0n) is 13.3. The van der Waals surface area contributed by atoms with Gasteiger partial charge in [-0.15, -0.1) is 0 Å². The molecular formula is C19H18ClNO2. The lowest BCUT2D eigenvalue weighted by Crippen LogP contribution is -2.06. The molecule has 0 saturated carbocycles. The Balaban J connectivity index is 2.41. The molecule has 3 nitrogen and oxygen atoms in total. The highest BCUT2D eigenvalue weighted by Crippen LogP contribution is 2.31. The van der Waals surface area contributed by atoms with Crippen molar-refractivity contribution in [1.29, 1.82) is 5.26 Å². The molecule has 0 spiro atoms. The second-order valence-corrected chi connectivity index (χ2v) is 5.63. The number of rotatable bonds is 5. The fourth-order valence-corrected chi connectivity index (χ4v) is 2.38. The van der Waals surface area contributed by atoms with Crippen molar-refractivity contribution in [2.75, 3.05) is 7.11 Å². The molecule has 118 valence electrons. The average Bonchev–Trinajstić information content (AvgIpc) is 2.54. The number of nitrogens with zero attached hydrogens (tertiary/aromatic N) is 1. The average molecular weight is 328 g/mol. The third-order valence-corrected chi connectivity index (χ3v) is 3.48. The first-order valence-corrected chi connectivity index (χ1v) is 7.64. The second-order valence-electron chi connectivity index (χ2n) is 5.23. The van der Waals surface area contributed by atoms with Crippen LogP contribution in [-0.4, -0.2) is 13.2 Å². The molecule has 0 radical (unpaired) electrons. The van der Waals surface area contributed by atoms with Gasteiger partial charge in [0.2, 0.25) is 0 Å². The monoisotopic (exact) mass is 327 g/mol. The van der Waals surface area contributed by atoms with Crippen molar-refractivity contribution in [2.24, 2.45) is 0 Å². The van der Waals surface area contributed by atoms with E-state index in [4.69, 9.17) is 21.1 Å². The number of methoxy groups -OCH3 is 1. The Kier molecular flexibility index (Phi) is 5.67. The van der Waals surface area contributed by atoms with Gasteiger partial charge in [-0.25, -0.2) is 0 Å². The highest BCUT2D eigenvalue weighted by molar-refractivity contribution is 6.32. The number of halogens is 1. The van der Waals surface area contributed by atoms with Gasteiger partial charge in [0, 0.05) is 10.6 Å². The van der Waals surface area contributed by atoms with E-state index in [2.05, 4.69) is 6.07 Å². The molecule has 0 atom stereocenters. The first kappa shape index (κ1) is 16.9. The molecule has 0 aliphatic rings. The number of hydrogen-bond donors (Lipinski definition) is 0. The van der Waals surface area contributed by atoms with Crippen LogP contribution in [-0.2, 0) is 0 Å². The van der Waals surface area contributed by atoms with E-state index in [-0.39, 0.29) is 6.10 Å². The van der Waals surface area contributed by atoms with E-state index in [0.29, 0.717) is 27.7 Å². The molecule has 0 saturated heterocycles. The van der Waals surface area contributed by atoms with E-state index in [0.717, 1.165) is 5.56 Å².